The van der Waals surface area contributed by atoms with E-state index in [0.717, 1.165) is 31.7 Å². The molecule has 18 heavy (non-hydrogen) atoms. The number of thiophene rings is 1. The van der Waals surface area contributed by atoms with Crippen LogP contribution >= 0.6 is 11.3 Å². The van der Waals surface area contributed by atoms with Gasteiger partial charge >= 0.3 is 0 Å². The molecule has 0 aliphatic heterocycles. The van der Waals surface area contributed by atoms with Crippen LogP contribution in [0.2, 0.25) is 0 Å². The molecule has 3 nitrogen and oxygen atoms in total. The van der Waals surface area contributed by atoms with E-state index < -0.39 is 0 Å². The van der Waals surface area contributed by atoms with Crippen LogP contribution < -0.4 is 5.32 Å². The molecule has 0 fully saturated rings. The second kappa shape index (κ2) is 6.71. The number of hydrogen-bond donors (Lipinski definition) is 1. The van der Waals surface area contributed by atoms with E-state index in [1.807, 2.05) is 6.33 Å². The molecular weight excluding hydrogens is 242 g/mol. The zero-order chi connectivity index (χ0) is 12.8. The minimum Gasteiger partial charge on any atom is -0.337 e. The minimum atomic E-state index is 0.686. The number of nitrogens with zero attached hydrogens (tertiary/aromatic N) is 2. The van der Waals surface area contributed by atoms with Crippen molar-refractivity contribution < 1.29 is 0 Å². The molecule has 0 radical (unpaired) electrons. The molecule has 2 aromatic heterocycles. The topological polar surface area (TPSA) is 29.9 Å². The quantitative estimate of drug-likeness (QED) is 0.832. The third-order valence-corrected chi connectivity index (χ3v) is 3.52. The van der Waals surface area contributed by atoms with Crippen LogP contribution in [0.3, 0.4) is 0 Å². The van der Waals surface area contributed by atoms with Gasteiger partial charge in [-0.15, -0.1) is 0 Å². The minimum absolute atomic E-state index is 0.686. The predicted octanol–water partition coefficient (Wildman–Crippen LogP) is 2.93. The summed E-state index contributed by atoms with van der Waals surface area (Å²) in [6, 6.07) is 2.19. The standard InChI is InChI=1S/C14H21N3S/c1-12(2)7-15-8-14-9-17(11-16-14)5-3-13-4-6-18-10-13/h4,6,9-12,15H,3,5,7-8H2,1-2H3. The molecule has 4 heteroatoms. The fourth-order valence-electron chi connectivity index (χ4n) is 1.80. The first-order chi connectivity index (χ1) is 8.74. The molecule has 2 heterocycles. The van der Waals surface area contributed by atoms with Crippen LogP contribution in [0.5, 0.6) is 0 Å². The number of hydrogen-bond acceptors (Lipinski definition) is 3. The van der Waals surface area contributed by atoms with Gasteiger partial charge in [0.05, 0.1) is 12.0 Å². The summed E-state index contributed by atoms with van der Waals surface area (Å²) in [6.07, 6.45) is 5.15. The first-order valence-electron chi connectivity index (χ1n) is 6.46. The molecule has 0 spiro atoms. The Hall–Kier alpha value is -1.13. The third kappa shape index (κ3) is 4.27. The zero-order valence-corrected chi connectivity index (χ0v) is 11.9. The van der Waals surface area contributed by atoms with E-state index in [1.54, 1.807) is 11.3 Å². The third-order valence-electron chi connectivity index (χ3n) is 2.78. The molecule has 0 aromatic carbocycles. The van der Waals surface area contributed by atoms with Gasteiger partial charge in [-0.2, -0.15) is 11.3 Å². The maximum absolute atomic E-state index is 4.42. The van der Waals surface area contributed by atoms with Gasteiger partial charge in [0, 0.05) is 19.3 Å². The van der Waals surface area contributed by atoms with E-state index >= 15 is 0 Å². The number of imidazole rings is 1. The lowest BCUT2D eigenvalue weighted by molar-refractivity contribution is 0.548. The Morgan fingerprint density at radius 2 is 2.33 bits per heavy atom. The van der Waals surface area contributed by atoms with Gasteiger partial charge in [0.2, 0.25) is 0 Å². The first kappa shape index (κ1) is 13.3. The van der Waals surface area contributed by atoms with E-state index in [4.69, 9.17) is 0 Å². The lowest BCUT2D eigenvalue weighted by atomic mass is 10.2. The number of nitrogens with one attached hydrogen (secondary N) is 1. The van der Waals surface area contributed by atoms with Crippen LogP contribution in [-0.4, -0.2) is 16.1 Å². The Kier molecular flexibility index (Phi) is 4.96. The van der Waals surface area contributed by atoms with Crippen LogP contribution in [0, 0.1) is 5.92 Å². The highest BCUT2D eigenvalue weighted by molar-refractivity contribution is 7.07. The highest BCUT2D eigenvalue weighted by Gasteiger charge is 2.00. The van der Waals surface area contributed by atoms with E-state index in [1.165, 1.54) is 5.56 Å². The van der Waals surface area contributed by atoms with Crippen molar-refractivity contribution in [3.63, 3.8) is 0 Å². The molecule has 98 valence electrons. The number of rotatable bonds is 7. The summed E-state index contributed by atoms with van der Waals surface area (Å²) < 4.78 is 2.17. The molecule has 2 rings (SSSR count). The van der Waals surface area contributed by atoms with Crippen LogP contribution in [0.25, 0.3) is 0 Å². The highest BCUT2D eigenvalue weighted by Crippen LogP contribution is 2.08. The largest absolute Gasteiger partial charge is 0.337 e. The average Bonchev–Trinajstić information content (AvgIpc) is 2.96. The molecule has 0 amide bonds. The van der Waals surface area contributed by atoms with Gasteiger partial charge in [-0.3, -0.25) is 0 Å². The maximum atomic E-state index is 4.42. The van der Waals surface area contributed by atoms with E-state index in [9.17, 15) is 0 Å². The molecule has 0 bridgehead atoms. The fourth-order valence-corrected chi connectivity index (χ4v) is 2.51. The lowest BCUT2D eigenvalue weighted by Gasteiger charge is -2.04. The van der Waals surface area contributed by atoms with Gasteiger partial charge in [-0.05, 0) is 41.3 Å². The van der Waals surface area contributed by atoms with E-state index in [0.29, 0.717) is 5.92 Å². The van der Waals surface area contributed by atoms with Crippen molar-refractivity contribution in [3.05, 3.63) is 40.6 Å². The van der Waals surface area contributed by atoms with Gasteiger partial charge in [-0.25, -0.2) is 4.98 Å². The normalized spacial score (nSPS) is 11.3. The summed E-state index contributed by atoms with van der Waals surface area (Å²) in [5, 5.41) is 7.75. The Morgan fingerprint density at radius 3 is 3.06 bits per heavy atom. The summed E-state index contributed by atoms with van der Waals surface area (Å²) in [5.74, 6) is 0.686. The van der Waals surface area contributed by atoms with Crippen molar-refractivity contribution in [2.45, 2.75) is 33.4 Å². The molecule has 0 atom stereocenters. The van der Waals surface area contributed by atoms with Gasteiger partial charge in [0.25, 0.3) is 0 Å². The predicted molar refractivity (Wildman–Crippen MR) is 76.8 cm³/mol. The summed E-state index contributed by atoms with van der Waals surface area (Å²) in [4.78, 5) is 4.42. The second-order valence-electron chi connectivity index (χ2n) is 5.01. The Labute approximate surface area is 113 Å². The zero-order valence-electron chi connectivity index (χ0n) is 11.1. The van der Waals surface area contributed by atoms with Crippen molar-refractivity contribution >= 4 is 11.3 Å². The summed E-state index contributed by atoms with van der Waals surface area (Å²) in [6.45, 7) is 7.35. The van der Waals surface area contributed by atoms with Crippen LogP contribution in [-0.2, 0) is 19.5 Å². The molecule has 0 saturated carbocycles. The molecule has 0 saturated heterocycles. The Bertz CT molecular complexity index is 445. The average molecular weight is 263 g/mol. The molecular formula is C14H21N3S. The van der Waals surface area contributed by atoms with Gasteiger partial charge < -0.3 is 9.88 Å². The van der Waals surface area contributed by atoms with Gasteiger partial charge in [-0.1, -0.05) is 13.8 Å². The highest BCUT2D eigenvalue weighted by atomic mass is 32.1. The summed E-state index contributed by atoms with van der Waals surface area (Å²) in [5.41, 5.74) is 2.54. The summed E-state index contributed by atoms with van der Waals surface area (Å²) in [7, 11) is 0. The number of aromatic nitrogens is 2. The van der Waals surface area contributed by atoms with Crippen LogP contribution in [0.1, 0.15) is 25.1 Å². The van der Waals surface area contributed by atoms with Gasteiger partial charge in [0.15, 0.2) is 0 Å². The van der Waals surface area contributed by atoms with E-state index in [-0.39, 0.29) is 0 Å². The van der Waals surface area contributed by atoms with Crippen LogP contribution in [0.15, 0.2) is 29.4 Å². The monoisotopic (exact) mass is 263 g/mol. The molecule has 2 aromatic rings. The van der Waals surface area contributed by atoms with Crippen molar-refractivity contribution in [1.29, 1.82) is 0 Å². The van der Waals surface area contributed by atoms with Crippen molar-refractivity contribution in [3.8, 4) is 0 Å². The van der Waals surface area contributed by atoms with Crippen molar-refractivity contribution in [2.24, 2.45) is 5.92 Å². The number of aryl methyl sites for hydroxylation is 2. The first-order valence-corrected chi connectivity index (χ1v) is 7.41. The SMILES string of the molecule is CC(C)CNCc1cn(CCc2ccsc2)cn1. The van der Waals surface area contributed by atoms with E-state index in [2.05, 4.69) is 51.7 Å². The Morgan fingerprint density at radius 1 is 1.44 bits per heavy atom. The second-order valence-corrected chi connectivity index (χ2v) is 5.79. The summed E-state index contributed by atoms with van der Waals surface area (Å²) >= 11 is 1.76. The van der Waals surface area contributed by atoms with Crippen molar-refractivity contribution in [2.75, 3.05) is 6.54 Å². The maximum Gasteiger partial charge on any atom is 0.0950 e. The molecule has 0 aliphatic rings. The van der Waals surface area contributed by atoms with Crippen molar-refractivity contribution in [1.82, 2.24) is 14.9 Å². The van der Waals surface area contributed by atoms with Crippen LogP contribution in [0.4, 0.5) is 0 Å². The lowest BCUT2D eigenvalue weighted by Crippen LogP contribution is -2.19. The fraction of sp³-hybridized carbons (Fsp3) is 0.500. The smallest absolute Gasteiger partial charge is 0.0950 e. The molecule has 0 unspecified atom stereocenters. The Balaban J connectivity index is 1.75. The van der Waals surface area contributed by atoms with Gasteiger partial charge in [0.1, 0.15) is 0 Å². The molecule has 0 aliphatic carbocycles. The molecule has 1 N–H and O–H groups in total.